The monoisotopic (exact) mass is 500 g/mol. The van der Waals surface area contributed by atoms with Crippen molar-refractivity contribution in [2.45, 2.75) is 25.4 Å². The SMILES string of the molecule is C[C@@H]1CN(C(=O)[C@@H]2CN(c3ccc(C#N)nn3)C[C@H]2c2ccc(F)cn2)C[C@H](C)[C@@]1(O)c1ccccc1. The van der Waals surface area contributed by atoms with E-state index < -0.39 is 17.3 Å². The first-order chi connectivity index (χ1) is 17.8. The number of amides is 1. The molecule has 2 fully saturated rings. The number of likely N-dealkylation sites (tertiary alicyclic amines) is 1. The second-order valence-electron chi connectivity index (χ2n) is 10.1. The van der Waals surface area contributed by atoms with Gasteiger partial charge in [0.15, 0.2) is 11.5 Å². The Labute approximate surface area is 215 Å². The van der Waals surface area contributed by atoms with Gasteiger partial charge in [0.25, 0.3) is 0 Å². The standard InChI is InChI=1S/C28H29FN6O2/c1-18-14-35(15-19(2)28(18,37)20-6-4-3-5-7-20)27(36)24-17-34(26-11-9-22(12-30)32-33-26)16-23(24)25-10-8-21(29)13-31-25/h3-11,13,18-19,23-24,37H,14-17H2,1-2H3/t18-,19+,23-,24-,28-/m1/s1. The molecule has 1 N–H and O–H groups in total. The Hall–Kier alpha value is -3.90. The Kier molecular flexibility index (Phi) is 6.61. The number of carbonyl (C=O) groups is 1. The maximum Gasteiger partial charge on any atom is 0.228 e. The number of hydrogen-bond acceptors (Lipinski definition) is 7. The van der Waals surface area contributed by atoms with Crippen molar-refractivity contribution in [3.05, 3.63) is 83.6 Å². The minimum absolute atomic E-state index is 0.0194. The average molecular weight is 501 g/mol. The number of hydrogen-bond donors (Lipinski definition) is 1. The molecule has 190 valence electrons. The fourth-order valence-corrected chi connectivity index (χ4v) is 5.89. The number of nitriles is 1. The Morgan fingerprint density at radius 2 is 1.76 bits per heavy atom. The number of pyridine rings is 1. The molecule has 0 bridgehead atoms. The molecule has 0 spiro atoms. The van der Waals surface area contributed by atoms with Crippen LogP contribution < -0.4 is 4.90 Å². The number of aromatic nitrogens is 3. The van der Waals surface area contributed by atoms with Gasteiger partial charge in [-0.05, 0) is 29.8 Å². The van der Waals surface area contributed by atoms with Gasteiger partial charge in [0, 0.05) is 49.6 Å². The summed E-state index contributed by atoms with van der Waals surface area (Å²) in [4.78, 5) is 22.1. The van der Waals surface area contributed by atoms with Gasteiger partial charge >= 0.3 is 0 Å². The molecule has 1 aromatic carbocycles. The number of piperidine rings is 1. The first-order valence-electron chi connectivity index (χ1n) is 12.5. The van der Waals surface area contributed by atoms with Gasteiger partial charge in [0.2, 0.25) is 5.91 Å². The zero-order valence-corrected chi connectivity index (χ0v) is 20.8. The van der Waals surface area contributed by atoms with Crippen LogP contribution in [-0.2, 0) is 10.4 Å². The summed E-state index contributed by atoms with van der Waals surface area (Å²) in [5.41, 5.74) is 0.689. The number of benzene rings is 1. The van der Waals surface area contributed by atoms with Gasteiger partial charge in [0.1, 0.15) is 11.9 Å². The van der Waals surface area contributed by atoms with E-state index >= 15 is 0 Å². The molecule has 2 aliphatic heterocycles. The zero-order chi connectivity index (χ0) is 26.2. The highest BCUT2D eigenvalue weighted by Crippen LogP contribution is 2.43. The smallest absolute Gasteiger partial charge is 0.228 e. The molecule has 0 unspecified atom stereocenters. The van der Waals surface area contributed by atoms with Crippen molar-refractivity contribution in [1.29, 1.82) is 5.26 Å². The van der Waals surface area contributed by atoms with Crippen LogP contribution >= 0.6 is 0 Å². The van der Waals surface area contributed by atoms with E-state index in [1.165, 1.54) is 12.3 Å². The molecule has 1 amide bonds. The molecule has 9 heteroatoms. The molecule has 2 aromatic heterocycles. The highest BCUT2D eigenvalue weighted by atomic mass is 19.1. The van der Waals surface area contributed by atoms with Crippen LogP contribution in [0.5, 0.6) is 0 Å². The van der Waals surface area contributed by atoms with Crippen LogP contribution in [0.1, 0.15) is 36.7 Å². The molecule has 3 aromatic rings. The first-order valence-corrected chi connectivity index (χ1v) is 12.5. The summed E-state index contributed by atoms with van der Waals surface area (Å²) in [6.45, 7) is 5.66. The minimum atomic E-state index is -1.03. The lowest BCUT2D eigenvalue weighted by Gasteiger charge is -2.48. The number of carbonyl (C=O) groups excluding carboxylic acids is 1. The van der Waals surface area contributed by atoms with E-state index in [4.69, 9.17) is 5.26 Å². The molecular formula is C28H29FN6O2. The third kappa shape index (κ3) is 4.53. The lowest BCUT2D eigenvalue weighted by Crippen LogP contribution is -2.57. The molecule has 0 radical (unpaired) electrons. The number of anilines is 1. The van der Waals surface area contributed by atoms with Gasteiger partial charge < -0.3 is 14.9 Å². The van der Waals surface area contributed by atoms with Crippen LogP contribution in [0.25, 0.3) is 0 Å². The number of nitrogens with zero attached hydrogens (tertiary/aromatic N) is 6. The Bertz CT molecular complexity index is 1280. The van der Waals surface area contributed by atoms with Gasteiger partial charge in [-0.3, -0.25) is 9.78 Å². The summed E-state index contributed by atoms with van der Waals surface area (Å²) in [6.07, 6.45) is 1.17. The summed E-state index contributed by atoms with van der Waals surface area (Å²) < 4.78 is 13.6. The van der Waals surface area contributed by atoms with Gasteiger partial charge in [-0.25, -0.2) is 4.39 Å². The fourth-order valence-electron chi connectivity index (χ4n) is 5.89. The second-order valence-corrected chi connectivity index (χ2v) is 10.1. The predicted molar refractivity (Wildman–Crippen MR) is 135 cm³/mol. The molecule has 5 atom stereocenters. The van der Waals surface area contributed by atoms with Crippen molar-refractivity contribution >= 4 is 11.7 Å². The van der Waals surface area contributed by atoms with E-state index in [1.807, 2.05) is 60.0 Å². The quantitative estimate of drug-likeness (QED) is 0.587. The normalized spacial score (nSPS) is 27.6. The summed E-state index contributed by atoms with van der Waals surface area (Å²) in [6, 6.07) is 17.9. The summed E-state index contributed by atoms with van der Waals surface area (Å²) in [5.74, 6) is -0.935. The molecule has 37 heavy (non-hydrogen) atoms. The number of rotatable bonds is 4. The van der Waals surface area contributed by atoms with E-state index in [0.29, 0.717) is 37.7 Å². The van der Waals surface area contributed by atoms with Gasteiger partial charge in [-0.15, -0.1) is 10.2 Å². The summed E-state index contributed by atoms with van der Waals surface area (Å²) in [5, 5.41) is 28.9. The zero-order valence-electron chi connectivity index (χ0n) is 20.8. The summed E-state index contributed by atoms with van der Waals surface area (Å²) >= 11 is 0. The lowest BCUT2D eigenvalue weighted by atomic mass is 9.70. The number of halogens is 1. The highest BCUT2D eigenvalue weighted by Gasteiger charge is 2.49. The molecule has 0 saturated carbocycles. The van der Waals surface area contributed by atoms with Crippen LogP contribution in [0, 0.1) is 34.9 Å². The number of aliphatic hydroxyl groups is 1. The van der Waals surface area contributed by atoms with E-state index in [1.54, 1.807) is 18.2 Å². The van der Waals surface area contributed by atoms with Crippen molar-refractivity contribution in [2.24, 2.45) is 17.8 Å². The van der Waals surface area contributed by atoms with Crippen molar-refractivity contribution in [2.75, 3.05) is 31.1 Å². The Morgan fingerprint density at radius 1 is 1.03 bits per heavy atom. The molecule has 2 saturated heterocycles. The van der Waals surface area contributed by atoms with Crippen LogP contribution in [0.4, 0.5) is 10.2 Å². The van der Waals surface area contributed by atoms with Crippen molar-refractivity contribution in [3.63, 3.8) is 0 Å². The second kappa shape index (κ2) is 9.87. The van der Waals surface area contributed by atoms with Gasteiger partial charge in [-0.1, -0.05) is 44.2 Å². The molecule has 2 aliphatic rings. The molecular weight excluding hydrogens is 471 g/mol. The third-order valence-corrected chi connectivity index (χ3v) is 7.90. The van der Waals surface area contributed by atoms with Crippen LogP contribution in [-0.4, -0.2) is 57.3 Å². The Morgan fingerprint density at radius 3 is 2.35 bits per heavy atom. The van der Waals surface area contributed by atoms with Crippen molar-refractivity contribution in [3.8, 4) is 6.07 Å². The first kappa shape index (κ1) is 24.8. The molecule has 8 nitrogen and oxygen atoms in total. The maximum atomic E-state index is 14.0. The van der Waals surface area contributed by atoms with Crippen LogP contribution in [0.15, 0.2) is 60.8 Å². The topological polar surface area (TPSA) is 106 Å². The van der Waals surface area contributed by atoms with E-state index in [-0.39, 0.29) is 29.4 Å². The van der Waals surface area contributed by atoms with Crippen molar-refractivity contribution in [1.82, 2.24) is 20.1 Å². The highest BCUT2D eigenvalue weighted by molar-refractivity contribution is 5.81. The minimum Gasteiger partial charge on any atom is -0.384 e. The fraction of sp³-hybridized carbons (Fsp3) is 0.393. The molecule has 5 rings (SSSR count). The van der Waals surface area contributed by atoms with Crippen LogP contribution in [0.2, 0.25) is 0 Å². The molecule has 4 heterocycles. The lowest BCUT2D eigenvalue weighted by molar-refractivity contribution is -0.152. The third-order valence-electron chi connectivity index (χ3n) is 7.90. The van der Waals surface area contributed by atoms with Gasteiger partial charge in [-0.2, -0.15) is 5.26 Å². The van der Waals surface area contributed by atoms with E-state index in [0.717, 1.165) is 5.56 Å². The largest absolute Gasteiger partial charge is 0.384 e. The van der Waals surface area contributed by atoms with E-state index in [9.17, 15) is 14.3 Å². The van der Waals surface area contributed by atoms with Crippen molar-refractivity contribution < 1.29 is 14.3 Å². The maximum absolute atomic E-state index is 14.0. The van der Waals surface area contributed by atoms with E-state index in [2.05, 4.69) is 15.2 Å². The van der Waals surface area contributed by atoms with Gasteiger partial charge in [0.05, 0.1) is 17.7 Å². The molecule has 0 aliphatic carbocycles. The Balaban J connectivity index is 1.41. The predicted octanol–water partition coefficient (Wildman–Crippen LogP) is 3.10. The summed E-state index contributed by atoms with van der Waals surface area (Å²) in [7, 11) is 0. The average Bonchev–Trinajstić information content (AvgIpc) is 3.37. The van der Waals surface area contributed by atoms with Crippen LogP contribution in [0.3, 0.4) is 0 Å².